The second-order valence-electron chi connectivity index (χ2n) is 9.59. The summed E-state index contributed by atoms with van der Waals surface area (Å²) in [6.07, 6.45) is 3.65. The lowest BCUT2D eigenvalue weighted by molar-refractivity contribution is 0.00120. The van der Waals surface area contributed by atoms with E-state index in [0.717, 1.165) is 23.9 Å². The number of fused-ring (bicyclic) bond motifs is 1. The highest BCUT2D eigenvalue weighted by atomic mass is 19.1. The van der Waals surface area contributed by atoms with Crippen molar-refractivity contribution >= 4 is 11.2 Å². The molecule has 1 saturated carbocycles. The van der Waals surface area contributed by atoms with Crippen LogP contribution in [0.4, 0.5) is 8.78 Å². The molecule has 1 aliphatic heterocycles. The second kappa shape index (κ2) is 8.41. The molecule has 2 atom stereocenters. The van der Waals surface area contributed by atoms with Crippen molar-refractivity contribution in [2.75, 3.05) is 6.61 Å². The highest BCUT2D eigenvalue weighted by molar-refractivity contribution is 5.87. The molecule has 1 saturated heterocycles. The third kappa shape index (κ3) is 4.07. The van der Waals surface area contributed by atoms with Crippen LogP contribution < -0.4 is 0 Å². The number of ether oxygens (including phenoxy) is 1. The van der Waals surface area contributed by atoms with Crippen molar-refractivity contribution in [1.82, 2.24) is 29.7 Å². The molecule has 3 aromatic heterocycles. The Hall–Kier alpha value is -3.33. The van der Waals surface area contributed by atoms with Crippen molar-refractivity contribution < 1.29 is 13.5 Å². The second-order valence-corrected chi connectivity index (χ2v) is 9.59. The zero-order valence-corrected chi connectivity index (χ0v) is 19.9. The van der Waals surface area contributed by atoms with Crippen LogP contribution in [0.15, 0.2) is 24.3 Å². The van der Waals surface area contributed by atoms with Gasteiger partial charge in [0.2, 0.25) is 0 Å². The van der Waals surface area contributed by atoms with Crippen LogP contribution in [0.3, 0.4) is 0 Å². The molecule has 9 heteroatoms. The minimum absolute atomic E-state index is 0.0183. The number of hydrogen-bond acceptors (Lipinski definition) is 6. The summed E-state index contributed by atoms with van der Waals surface area (Å²) in [5.74, 6) is -0.184. The minimum Gasteiger partial charge on any atom is -0.372 e. The maximum absolute atomic E-state index is 14.8. The zero-order valence-electron chi connectivity index (χ0n) is 19.9. The summed E-state index contributed by atoms with van der Waals surface area (Å²) in [6.45, 7) is 4.25. The number of hydrogen-bond donors (Lipinski definition) is 0. The molecule has 0 spiro atoms. The van der Waals surface area contributed by atoms with E-state index in [1.165, 1.54) is 30.7 Å². The monoisotopic (exact) mass is 476 g/mol. The molecule has 7 nitrogen and oxygen atoms in total. The molecule has 35 heavy (non-hydrogen) atoms. The van der Waals surface area contributed by atoms with E-state index in [2.05, 4.69) is 16.0 Å². The van der Waals surface area contributed by atoms with Crippen molar-refractivity contribution in [2.24, 2.45) is 7.05 Å². The van der Waals surface area contributed by atoms with Gasteiger partial charge in [-0.05, 0) is 57.7 Å². The molecular weight excluding hydrogens is 450 g/mol. The molecule has 0 N–H and O–H groups in total. The number of nitrogens with zero attached hydrogens (tertiary/aromatic N) is 6. The van der Waals surface area contributed by atoms with Gasteiger partial charge in [0, 0.05) is 42.8 Å². The molecule has 180 valence electrons. The fourth-order valence-corrected chi connectivity index (χ4v) is 4.84. The summed E-state index contributed by atoms with van der Waals surface area (Å²) < 4.78 is 36.5. The Kier molecular flexibility index (Phi) is 5.32. The largest absolute Gasteiger partial charge is 0.372 e. The Morgan fingerprint density at radius 3 is 2.51 bits per heavy atom. The van der Waals surface area contributed by atoms with Gasteiger partial charge in [-0.15, -0.1) is 0 Å². The quantitative estimate of drug-likeness (QED) is 0.401. The van der Waals surface area contributed by atoms with Gasteiger partial charge in [0.15, 0.2) is 5.65 Å². The van der Waals surface area contributed by atoms with Crippen molar-refractivity contribution in [3.05, 3.63) is 64.5 Å². The Morgan fingerprint density at radius 2 is 1.74 bits per heavy atom. The lowest BCUT2D eigenvalue weighted by Crippen LogP contribution is -2.21. The molecule has 2 aliphatic rings. The van der Waals surface area contributed by atoms with Gasteiger partial charge in [-0.2, -0.15) is 5.10 Å². The predicted molar refractivity (Wildman–Crippen MR) is 126 cm³/mol. The highest BCUT2D eigenvalue weighted by Crippen LogP contribution is 2.42. The average Bonchev–Trinajstić information content (AvgIpc) is 3.60. The molecule has 2 fully saturated rings. The van der Waals surface area contributed by atoms with E-state index in [1.54, 1.807) is 0 Å². The highest BCUT2D eigenvalue weighted by Gasteiger charge is 2.33. The first kappa shape index (κ1) is 22.2. The van der Waals surface area contributed by atoms with Crippen LogP contribution >= 0.6 is 0 Å². The molecule has 1 aromatic carbocycles. The molecule has 6 rings (SSSR count). The summed E-state index contributed by atoms with van der Waals surface area (Å²) in [7, 11) is 1.98. The fraction of sp³-hybridized carbons (Fsp3) is 0.423. The molecule has 0 radical (unpaired) electrons. The standard InChI is InChI=1S/C26H26F2N6O/c1-13-14(2)30-26-24(29-13)23(18-7-6-17(27)11-19(18)28)31-25(32-26)16-8-9-35-22(10-16)20-12-21(15-4-5-15)34(3)33-20/h6-7,11-12,15-16,22H,4-5,8-10H2,1-3H3/t16-,22-/m0/s1. The predicted octanol–water partition coefficient (Wildman–Crippen LogP) is 5.23. The number of aromatic nitrogens is 6. The van der Waals surface area contributed by atoms with E-state index in [0.29, 0.717) is 47.3 Å². The SMILES string of the molecule is Cc1nc2nc([C@H]3CCO[C@H](c4cc(C5CC5)n(C)n4)C3)nc(-c3ccc(F)cc3F)c2nc1C. The van der Waals surface area contributed by atoms with Gasteiger partial charge >= 0.3 is 0 Å². The molecule has 4 aromatic rings. The van der Waals surface area contributed by atoms with Gasteiger partial charge < -0.3 is 4.74 Å². The number of aryl methyl sites for hydroxylation is 3. The average molecular weight is 477 g/mol. The third-order valence-electron chi connectivity index (χ3n) is 7.06. The number of rotatable bonds is 4. The Morgan fingerprint density at radius 1 is 0.943 bits per heavy atom. The lowest BCUT2D eigenvalue weighted by atomic mass is 9.92. The summed E-state index contributed by atoms with van der Waals surface area (Å²) in [5.41, 5.74) is 4.97. The maximum atomic E-state index is 14.8. The summed E-state index contributed by atoms with van der Waals surface area (Å²) >= 11 is 0. The summed E-state index contributed by atoms with van der Waals surface area (Å²) in [6, 6.07) is 5.64. The van der Waals surface area contributed by atoms with E-state index in [1.807, 2.05) is 25.6 Å². The Labute approximate surface area is 201 Å². The van der Waals surface area contributed by atoms with Crippen LogP contribution in [-0.2, 0) is 11.8 Å². The van der Waals surface area contributed by atoms with E-state index in [4.69, 9.17) is 19.8 Å². The van der Waals surface area contributed by atoms with Gasteiger partial charge in [0.05, 0.1) is 17.1 Å². The molecule has 4 heterocycles. The van der Waals surface area contributed by atoms with Gasteiger partial charge in [-0.3, -0.25) is 4.68 Å². The first-order valence-corrected chi connectivity index (χ1v) is 12.0. The Bertz CT molecular complexity index is 1450. The summed E-state index contributed by atoms with van der Waals surface area (Å²) in [4.78, 5) is 18.8. The molecular formula is C26H26F2N6O. The topological polar surface area (TPSA) is 78.6 Å². The van der Waals surface area contributed by atoms with Crippen LogP contribution in [0.25, 0.3) is 22.4 Å². The maximum Gasteiger partial charge on any atom is 0.182 e. The number of halogens is 2. The van der Waals surface area contributed by atoms with Crippen LogP contribution in [0.2, 0.25) is 0 Å². The normalized spacial score (nSPS) is 20.5. The van der Waals surface area contributed by atoms with Gasteiger partial charge in [-0.25, -0.2) is 28.7 Å². The van der Waals surface area contributed by atoms with Crippen LogP contribution in [0.1, 0.15) is 72.2 Å². The Balaban J connectivity index is 1.41. The van der Waals surface area contributed by atoms with Crippen LogP contribution in [0.5, 0.6) is 0 Å². The van der Waals surface area contributed by atoms with Crippen molar-refractivity contribution in [3.8, 4) is 11.3 Å². The van der Waals surface area contributed by atoms with Crippen molar-refractivity contribution in [2.45, 2.75) is 57.5 Å². The van der Waals surface area contributed by atoms with Gasteiger partial charge in [-0.1, -0.05) is 0 Å². The van der Waals surface area contributed by atoms with Gasteiger partial charge in [0.25, 0.3) is 0 Å². The van der Waals surface area contributed by atoms with E-state index >= 15 is 0 Å². The smallest absolute Gasteiger partial charge is 0.182 e. The van der Waals surface area contributed by atoms with Crippen molar-refractivity contribution in [3.63, 3.8) is 0 Å². The first-order valence-electron chi connectivity index (χ1n) is 12.0. The molecule has 0 unspecified atom stereocenters. The van der Waals surface area contributed by atoms with E-state index in [-0.39, 0.29) is 17.6 Å². The van der Waals surface area contributed by atoms with Crippen LogP contribution in [0, 0.1) is 25.5 Å². The molecule has 1 aliphatic carbocycles. The zero-order chi connectivity index (χ0) is 24.3. The van der Waals surface area contributed by atoms with E-state index < -0.39 is 11.6 Å². The third-order valence-corrected chi connectivity index (χ3v) is 7.06. The number of benzene rings is 1. The van der Waals surface area contributed by atoms with E-state index in [9.17, 15) is 8.78 Å². The van der Waals surface area contributed by atoms with Crippen molar-refractivity contribution in [1.29, 1.82) is 0 Å². The lowest BCUT2D eigenvalue weighted by Gasteiger charge is -2.28. The summed E-state index contributed by atoms with van der Waals surface area (Å²) in [5, 5.41) is 4.72. The molecule has 0 amide bonds. The minimum atomic E-state index is -0.693. The fourth-order valence-electron chi connectivity index (χ4n) is 4.84. The first-order chi connectivity index (χ1) is 16.9. The van der Waals surface area contributed by atoms with Gasteiger partial charge in [0.1, 0.15) is 34.8 Å². The van der Waals surface area contributed by atoms with Crippen LogP contribution in [-0.4, -0.2) is 36.3 Å². The molecule has 0 bridgehead atoms.